The van der Waals surface area contributed by atoms with Crippen LogP contribution in [-0.4, -0.2) is 29.8 Å². The van der Waals surface area contributed by atoms with Crippen molar-refractivity contribution >= 4 is 17.5 Å². The molecule has 1 aliphatic heterocycles. The lowest BCUT2D eigenvalue weighted by molar-refractivity contribution is -0.121. The van der Waals surface area contributed by atoms with E-state index in [1.807, 2.05) is 12.1 Å². The van der Waals surface area contributed by atoms with Gasteiger partial charge in [-0.15, -0.1) is 0 Å². The largest absolute Gasteiger partial charge is 0.338 e. The number of carbonyl (C=O) groups excluding carboxylic acids is 2. The number of halogens is 1. The van der Waals surface area contributed by atoms with E-state index < -0.39 is 0 Å². The molecule has 1 atom stereocenters. The van der Waals surface area contributed by atoms with Gasteiger partial charge in [0, 0.05) is 24.3 Å². The molecule has 146 valence electrons. The van der Waals surface area contributed by atoms with Crippen LogP contribution in [0, 0.1) is 11.7 Å². The third-order valence-electron chi connectivity index (χ3n) is 5.82. The lowest BCUT2D eigenvalue weighted by Gasteiger charge is -2.32. The van der Waals surface area contributed by atoms with Gasteiger partial charge in [-0.3, -0.25) is 9.59 Å². The zero-order valence-electron chi connectivity index (χ0n) is 15.9. The molecular weight excluding hydrogens is 355 g/mol. The van der Waals surface area contributed by atoms with E-state index in [2.05, 4.69) is 11.4 Å². The maximum absolute atomic E-state index is 13.1. The van der Waals surface area contributed by atoms with Crippen LogP contribution in [0.2, 0.25) is 0 Å². The van der Waals surface area contributed by atoms with Gasteiger partial charge in [0.25, 0.3) is 5.91 Å². The van der Waals surface area contributed by atoms with E-state index in [-0.39, 0.29) is 23.5 Å². The highest BCUT2D eigenvalue weighted by Crippen LogP contribution is 2.29. The highest BCUT2D eigenvalue weighted by Gasteiger charge is 2.29. The average Bonchev–Trinajstić information content (AvgIpc) is 2.74. The van der Waals surface area contributed by atoms with Crippen LogP contribution in [-0.2, 0) is 17.6 Å². The Hall–Kier alpha value is -2.69. The minimum absolute atomic E-state index is 0.0180. The first-order valence-corrected chi connectivity index (χ1v) is 10.1. The summed E-state index contributed by atoms with van der Waals surface area (Å²) in [6.07, 6.45) is 6.00. The molecule has 2 amide bonds. The van der Waals surface area contributed by atoms with Gasteiger partial charge in [0.2, 0.25) is 5.91 Å². The molecule has 0 unspecified atom stereocenters. The summed E-state index contributed by atoms with van der Waals surface area (Å²) in [4.78, 5) is 27.3. The molecule has 5 heteroatoms. The topological polar surface area (TPSA) is 49.4 Å². The summed E-state index contributed by atoms with van der Waals surface area (Å²) in [5, 5.41) is 3.12. The first kappa shape index (κ1) is 18.7. The predicted molar refractivity (Wildman–Crippen MR) is 107 cm³/mol. The third kappa shape index (κ3) is 3.93. The molecular formula is C23H25FN2O2. The molecule has 1 heterocycles. The molecule has 0 aromatic heterocycles. The molecule has 1 aliphatic carbocycles. The SMILES string of the molecule is O=C(Nc1cccc2c1CCCC2)[C@@H]1CCCN(C(=O)c2ccc(F)cc2)C1. The van der Waals surface area contributed by atoms with E-state index in [0.29, 0.717) is 18.7 Å². The Morgan fingerprint density at radius 2 is 1.79 bits per heavy atom. The van der Waals surface area contributed by atoms with Crippen molar-refractivity contribution in [2.45, 2.75) is 38.5 Å². The maximum atomic E-state index is 13.1. The monoisotopic (exact) mass is 380 g/mol. The molecule has 28 heavy (non-hydrogen) atoms. The van der Waals surface area contributed by atoms with Crippen LogP contribution in [0.25, 0.3) is 0 Å². The number of carbonyl (C=O) groups is 2. The number of rotatable bonds is 3. The fourth-order valence-corrected chi connectivity index (χ4v) is 4.28. The number of fused-ring (bicyclic) bond motifs is 1. The standard InChI is InChI=1S/C23H25FN2O2/c24-19-12-10-17(11-13-19)23(28)26-14-4-7-18(15-26)22(27)25-21-9-3-6-16-5-1-2-8-20(16)21/h3,6,9-13,18H,1-2,4-5,7-8,14-15H2,(H,25,27)/t18-/m1/s1. The summed E-state index contributed by atoms with van der Waals surface area (Å²) >= 11 is 0. The number of hydrogen-bond donors (Lipinski definition) is 1. The number of nitrogens with zero attached hydrogens (tertiary/aromatic N) is 1. The molecule has 0 radical (unpaired) electrons. The van der Waals surface area contributed by atoms with Crippen LogP contribution in [0.3, 0.4) is 0 Å². The predicted octanol–water partition coefficient (Wildman–Crippen LogP) is 4.20. The average molecular weight is 380 g/mol. The van der Waals surface area contributed by atoms with Crippen LogP contribution < -0.4 is 5.32 Å². The molecule has 0 spiro atoms. The molecule has 4 nitrogen and oxygen atoms in total. The van der Waals surface area contributed by atoms with Gasteiger partial charge in [0.15, 0.2) is 0 Å². The van der Waals surface area contributed by atoms with Crippen molar-refractivity contribution in [2.24, 2.45) is 5.92 Å². The molecule has 1 N–H and O–H groups in total. The summed E-state index contributed by atoms with van der Waals surface area (Å²) in [5.74, 6) is -0.749. The van der Waals surface area contributed by atoms with Gasteiger partial charge >= 0.3 is 0 Å². The first-order chi connectivity index (χ1) is 13.6. The summed E-state index contributed by atoms with van der Waals surface area (Å²) in [7, 11) is 0. The van der Waals surface area contributed by atoms with Crippen LogP contribution >= 0.6 is 0 Å². The lowest BCUT2D eigenvalue weighted by atomic mass is 9.90. The van der Waals surface area contributed by atoms with E-state index in [1.165, 1.54) is 41.8 Å². The minimum Gasteiger partial charge on any atom is -0.338 e. The Bertz CT molecular complexity index is 879. The number of hydrogen-bond acceptors (Lipinski definition) is 2. The van der Waals surface area contributed by atoms with Gasteiger partial charge in [-0.05, 0) is 80.0 Å². The summed E-state index contributed by atoms with van der Waals surface area (Å²) in [6.45, 7) is 1.03. The number of anilines is 1. The lowest BCUT2D eigenvalue weighted by Crippen LogP contribution is -2.43. The number of amides is 2. The highest BCUT2D eigenvalue weighted by molar-refractivity contribution is 5.96. The van der Waals surface area contributed by atoms with Gasteiger partial charge in [-0.25, -0.2) is 4.39 Å². The van der Waals surface area contributed by atoms with Crippen LogP contribution in [0.4, 0.5) is 10.1 Å². The van der Waals surface area contributed by atoms with Crippen molar-refractivity contribution in [1.82, 2.24) is 4.90 Å². The highest BCUT2D eigenvalue weighted by atomic mass is 19.1. The fourth-order valence-electron chi connectivity index (χ4n) is 4.28. The molecule has 2 aromatic carbocycles. The van der Waals surface area contributed by atoms with Crippen LogP contribution in [0.5, 0.6) is 0 Å². The number of aryl methyl sites for hydroxylation is 1. The molecule has 2 aliphatic rings. The minimum atomic E-state index is -0.362. The second-order valence-corrected chi connectivity index (χ2v) is 7.74. The molecule has 0 bridgehead atoms. The van der Waals surface area contributed by atoms with E-state index in [4.69, 9.17) is 0 Å². The third-order valence-corrected chi connectivity index (χ3v) is 5.82. The number of piperidine rings is 1. The Labute approximate surface area is 164 Å². The normalized spacial score (nSPS) is 19.0. The Morgan fingerprint density at radius 1 is 1.00 bits per heavy atom. The molecule has 1 saturated heterocycles. The van der Waals surface area contributed by atoms with Gasteiger partial charge in [0.05, 0.1) is 5.92 Å². The zero-order valence-corrected chi connectivity index (χ0v) is 15.9. The Balaban J connectivity index is 1.44. The molecule has 0 saturated carbocycles. The summed E-state index contributed by atoms with van der Waals surface area (Å²) in [5.41, 5.74) is 3.97. The fraction of sp³-hybridized carbons (Fsp3) is 0.391. The second kappa shape index (κ2) is 8.13. The summed E-state index contributed by atoms with van der Waals surface area (Å²) in [6, 6.07) is 11.7. The van der Waals surface area contributed by atoms with Crippen molar-refractivity contribution in [3.8, 4) is 0 Å². The van der Waals surface area contributed by atoms with Crippen molar-refractivity contribution < 1.29 is 14.0 Å². The van der Waals surface area contributed by atoms with Gasteiger partial charge in [0.1, 0.15) is 5.82 Å². The number of benzene rings is 2. The second-order valence-electron chi connectivity index (χ2n) is 7.74. The van der Waals surface area contributed by atoms with Crippen LogP contribution in [0.15, 0.2) is 42.5 Å². The van der Waals surface area contributed by atoms with E-state index in [1.54, 1.807) is 4.90 Å². The van der Waals surface area contributed by atoms with Gasteiger partial charge in [-0.2, -0.15) is 0 Å². The Morgan fingerprint density at radius 3 is 2.61 bits per heavy atom. The first-order valence-electron chi connectivity index (χ1n) is 10.1. The molecule has 2 aromatic rings. The van der Waals surface area contributed by atoms with Crippen molar-refractivity contribution in [1.29, 1.82) is 0 Å². The number of nitrogens with one attached hydrogen (secondary N) is 1. The van der Waals surface area contributed by atoms with E-state index in [9.17, 15) is 14.0 Å². The van der Waals surface area contributed by atoms with Gasteiger partial charge < -0.3 is 10.2 Å². The van der Waals surface area contributed by atoms with Crippen molar-refractivity contribution in [3.63, 3.8) is 0 Å². The van der Waals surface area contributed by atoms with Crippen molar-refractivity contribution in [2.75, 3.05) is 18.4 Å². The smallest absolute Gasteiger partial charge is 0.253 e. The van der Waals surface area contributed by atoms with E-state index >= 15 is 0 Å². The summed E-state index contributed by atoms with van der Waals surface area (Å²) < 4.78 is 13.1. The number of likely N-dealkylation sites (tertiary alicyclic amines) is 1. The van der Waals surface area contributed by atoms with Crippen LogP contribution in [0.1, 0.15) is 47.2 Å². The Kier molecular flexibility index (Phi) is 5.42. The molecule has 1 fully saturated rings. The quantitative estimate of drug-likeness (QED) is 0.868. The molecule has 4 rings (SSSR count). The van der Waals surface area contributed by atoms with E-state index in [0.717, 1.165) is 37.8 Å². The zero-order chi connectivity index (χ0) is 19.5. The van der Waals surface area contributed by atoms with Crippen molar-refractivity contribution in [3.05, 3.63) is 65.0 Å². The van der Waals surface area contributed by atoms with Gasteiger partial charge in [-0.1, -0.05) is 12.1 Å². The maximum Gasteiger partial charge on any atom is 0.253 e.